The highest BCUT2D eigenvalue weighted by atomic mass is 16.5. The van der Waals surface area contributed by atoms with Crippen molar-refractivity contribution in [2.45, 2.75) is 44.2 Å². The molecule has 0 spiro atoms. The number of H-pyrrole nitrogens is 1. The second-order valence-corrected chi connectivity index (χ2v) is 10.0. The molecule has 0 aliphatic heterocycles. The number of benzene rings is 1. The van der Waals surface area contributed by atoms with Gasteiger partial charge in [-0.3, -0.25) is 14.4 Å². The van der Waals surface area contributed by atoms with Crippen LogP contribution in [0, 0.1) is 0 Å². The number of hydrogen-bond donors (Lipinski definition) is 3. The van der Waals surface area contributed by atoms with Gasteiger partial charge in [-0.1, -0.05) is 25.0 Å². The fourth-order valence-corrected chi connectivity index (χ4v) is 4.74. The summed E-state index contributed by atoms with van der Waals surface area (Å²) in [4.78, 5) is 51.3. The van der Waals surface area contributed by atoms with Crippen molar-refractivity contribution in [3.8, 4) is 17.0 Å². The van der Waals surface area contributed by atoms with E-state index in [-0.39, 0.29) is 42.0 Å². The van der Waals surface area contributed by atoms with Crippen LogP contribution in [-0.4, -0.2) is 78.2 Å². The Balaban J connectivity index is 1.48. The summed E-state index contributed by atoms with van der Waals surface area (Å²) >= 11 is 0. The van der Waals surface area contributed by atoms with E-state index < -0.39 is 0 Å². The fraction of sp³-hybridized carbons (Fsp3) is 0.414. The molecule has 3 N–H and O–H groups in total. The Kier molecular flexibility index (Phi) is 9.62. The van der Waals surface area contributed by atoms with Gasteiger partial charge in [0.2, 0.25) is 11.7 Å². The molecule has 0 bridgehead atoms. The second kappa shape index (κ2) is 13.3. The molecule has 2 heterocycles. The molecule has 1 amide bonds. The van der Waals surface area contributed by atoms with E-state index in [1.807, 2.05) is 32.3 Å². The lowest BCUT2D eigenvalue weighted by molar-refractivity contribution is -0.122. The molecule has 0 saturated carbocycles. The summed E-state index contributed by atoms with van der Waals surface area (Å²) in [6.07, 6.45) is 11.6. The maximum atomic E-state index is 12.8. The summed E-state index contributed by atoms with van der Waals surface area (Å²) in [6, 6.07) is 2.96. The van der Waals surface area contributed by atoms with E-state index >= 15 is 0 Å². The lowest BCUT2D eigenvalue weighted by Gasteiger charge is -2.20. The van der Waals surface area contributed by atoms with Crippen LogP contribution >= 0.6 is 0 Å². The van der Waals surface area contributed by atoms with E-state index in [0.717, 1.165) is 29.7 Å². The van der Waals surface area contributed by atoms with E-state index in [1.54, 1.807) is 31.3 Å². The van der Waals surface area contributed by atoms with Gasteiger partial charge in [-0.05, 0) is 51.7 Å². The largest absolute Gasteiger partial charge is 0.496 e. The van der Waals surface area contributed by atoms with Gasteiger partial charge in [-0.15, -0.1) is 0 Å². The van der Waals surface area contributed by atoms with Crippen molar-refractivity contribution in [3.05, 3.63) is 59.7 Å². The molecule has 1 unspecified atom stereocenters. The Bertz CT molecular complexity index is 1360. The first-order chi connectivity index (χ1) is 19.3. The highest BCUT2D eigenvalue weighted by Gasteiger charge is 2.25. The molecule has 2 aromatic heterocycles. The van der Waals surface area contributed by atoms with Crippen molar-refractivity contribution in [3.63, 3.8) is 0 Å². The molecule has 212 valence electrons. The highest BCUT2D eigenvalue weighted by Crippen LogP contribution is 2.35. The third kappa shape index (κ3) is 6.91. The molecule has 4 rings (SSSR count). The van der Waals surface area contributed by atoms with Gasteiger partial charge >= 0.3 is 0 Å². The van der Waals surface area contributed by atoms with Crippen LogP contribution < -0.4 is 15.4 Å². The van der Waals surface area contributed by atoms with Crippen LogP contribution in [0.1, 0.15) is 70.6 Å². The Hall–Kier alpha value is -4.09. The minimum Gasteiger partial charge on any atom is -0.496 e. The Morgan fingerprint density at radius 3 is 2.70 bits per heavy atom. The van der Waals surface area contributed by atoms with Crippen molar-refractivity contribution in [1.82, 2.24) is 30.5 Å². The third-order valence-electron chi connectivity index (χ3n) is 6.78. The van der Waals surface area contributed by atoms with Crippen molar-refractivity contribution in [1.29, 1.82) is 0 Å². The number of methoxy groups -OCH3 is 1. The summed E-state index contributed by atoms with van der Waals surface area (Å²) < 4.78 is 10.7. The molecule has 3 aromatic rings. The highest BCUT2D eigenvalue weighted by molar-refractivity contribution is 6.07. The number of carbonyl (C=O) groups excluding carboxylic acids is 3. The predicted octanol–water partition coefficient (Wildman–Crippen LogP) is 3.42. The summed E-state index contributed by atoms with van der Waals surface area (Å²) in [5.41, 5.74) is 2.88. The number of amides is 1. The van der Waals surface area contributed by atoms with Crippen LogP contribution in [0.5, 0.6) is 5.75 Å². The van der Waals surface area contributed by atoms with E-state index in [4.69, 9.17) is 9.15 Å². The van der Waals surface area contributed by atoms with Crippen molar-refractivity contribution < 1.29 is 23.5 Å². The van der Waals surface area contributed by atoms with E-state index in [2.05, 4.69) is 25.6 Å². The number of rotatable bonds is 14. The molecule has 11 nitrogen and oxygen atoms in total. The molecule has 1 aromatic carbocycles. The van der Waals surface area contributed by atoms with Gasteiger partial charge in [0.15, 0.2) is 5.78 Å². The number of ketones is 2. The first-order valence-electron chi connectivity index (χ1n) is 13.3. The van der Waals surface area contributed by atoms with E-state index in [9.17, 15) is 14.4 Å². The van der Waals surface area contributed by atoms with Crippen LogP contribution in [0.3, 0.4) is 0 Å². The molecule has 40 heavy (non-hydrogen) atoms. The number of aromatic nitrogens is 3. The SMILES string of the molecule is CNC1C=Cc2cc(-c3cnc([C@H](CCCCCC(=O)c4ncco4)NC(=O)CN(C)C)[nH]3)c(OC)cc2C1=O. The minimum absolute atomic E-state index is 0.0130. The fourth-order valence-electron chi connectivity index (χ4n) is 4.74. The number of nitrogens with one attached hydrogen (secondary N) is 3. The first kappa shape index (κ1) is 28.9. The number of aromatic amines is 1. The summed E-state index contributed by atoms with van der Waals surface area (Å²) in [6.45, 7) is 0.251. The zero-order valence-corrected chi connectivity index (χ0v) is 23.3. The maximum Gasteiger partial charge on any atom is 0.263 e. The number of imidazole rings is 1. The van der Waals surface area contributed by atoms with Gasteiger partial charge in [0.1, 0.15) is 17.8 Å². The third-order valence-corrected chi connectivity index (χ3v) is 6.78. The van der Waals surface area contributed by atoms with Crippen LogP contribution in [-0.2, 0) is 4.79 Å². The van der Waals surface area contributed by atoms with Crippen LogP contribution in [0.15, 0.2) is 41.3 Å². The Labute approximate surface area is 233 Å². The zero-order chi connectivity index (χ0) is 28.6. The van der Waals surface area contributed by atoms with Gasteiger partial charge < -0.3 is 29.7 Å². The quantitative estimate of drug-likeness (QED) is 0.204. The van der Waals surface area contributed by atoms with Gasteiger partial charge in [0.05, 0.1) is 43.8 Å². The average molecular weight is 549 g/mol. The molecule has 1 aliphatic rings. The predicted molar refractivity (Wildman–Crippen MR) is 150 cm³/mol. The summed E-state index contributed by atoms with van der Waals surface area (Å²) in [7, 11) is 7.00. The molecular formula is C29H36N6O5. The van der Waals surface area contributed by atoms with Gasteiger partial charge in [0, 0.05) is 17.5 Å². The standard InChI is InChI=1S/C29H36N6O5/c1-30-21-11-10-18-14-20(25(39-4)15-19(18)27(21)38)23-16-32-28(34-23)22(33-26(37)17-35(2)3)8-6-5-7-9-24(36)29-31-12-13-40-29/h10-16,21-22,30H,5-9,17H2,1-4H3,(H,32,34)(H,33,37)/t21?,22-/m0/s1. The molecule has 2 atom stereocenters. The van der Waals surface area contributed by atoms with Gasteiger partial charge in [0.25, 0.3) is 5.89 Å². The van der Waals surface area contributed by atoms with E-state index in [0.29, 0.717) is 36.4 Å². The lowest BCUT2D eigenvalue weighted by atomic mass is 9.90. The Morgan fingerprint density at radius 1 is 1.18 bits per heavy atom. The molecule has 0 saturated heterocycles. The van der Waals surface area contributed by atoms with Crippen molar-refractivity contribution in [2.24, 2.45) is 0 Å². The summed E-state index contributed by atoms with van der Waals surface area (Å²) in [5.74, 6) is 1.07. The van der Waals surface area contributed by atoms with Gasteiger partial charge in [-0.2, -0.15) is 0 Å². The van der Waals surface area contributed by atoms with Crippen LogP contribution in [0.2, 0.25) is 0 Å². The number of Topliss-reactive ketones (excluding diaryl/α,β-unsaturated/α-hetero) is 2. The molecule has 11 heteroatoms. The maximum absolute atomic E-state index is 12.8. The number of nitrogens with zero attached hydrogens (tertiary/aromatic N) is 3. The number of ether oxygens (including phenoxy) is 1. The first-order valence-corrected chi connectivity index (χ1v) is 13.3. The Morgan fingerprint density at radius 2 is 2.00 bits per heavy atom. The van der Waals surface area contributed by atoms with Crippen LogP contribution in [0.4, 0.5) is 0 Å². The molecule has 1 aliphatic carbocycles. The second-order valence-electron chi connectivity index (χ2n) is 10.0. The number of hydrogen-bond acceptors (Lipinski definition) is 9. The normalized spacial score (nSPS) is 15.2. The number of oxazole rings is 1. The van der Waals surface area contributed by atoms with E-state index in [1.165, 1.54) is 12.5 Å². The average Bonchev–Trinajstić information content (AvgIpc) is 3.64. The van der Waals surface area contributed by atoms with Crippen molar-refractivity contribution in [2.75, 3.05) is 34.8 Å². The lowest BCUT2D eigenvalue weighted by Crippen LogP contribution is -2.36. The number of likely N-dealkylation sites (N-methyl/N-ethyl adjacent to an activating group) is 2. The number of carbonyl (C=O) groups is 3. The number of unbranched alkanes of at least 4 members (excludes halogenated alkanes) is 2. The molecule has 0 fully saturated rings. The monoisotopic (exact) mass is 548 g/mol. The smallest absolute Gasteiger partial charge is 0.263 e. The molecule has 0 radical (unpaired) electrons. The number of fused-ring (bicyclic) bond motifs is 1. The topological polar surface area (TPSA) is 142 Å². The molecular weight excluding hydrogens is 512 g/mol. The van der Waals surface area contributed by atoms with Gasteiger partial charge in [-0.25, -0.2) is 9.97 Å². The zero-order valence-electron chi connectivity index (χ0n) is 23.3. The van der Waals surface area contributed by atoms with Crippen LogP contribution in [0.25, 0.3) is 17.3 Å². The van der Waals surface area contributed by atoms with Crippen molar-refractivity contribution >= 4 is 23.5 Å². The minimum atomic E-state index is -0.367. The summed E-state index contributed by atoms with van der Waals surface area (Å²) in [5, 5.41) is 6.09.